The van der Waals surface area contributed by atoms with Crippen LogP contribution in [-0.4, -0.2) is 23.0 Å². The second-order valence-corrected chi connectivity index (χ2v) is 4.26. The van der Waals surface area contributed by atoms with E-state index in [1.807, 2.05) is 31.2 Å². The van der Waals surface area contributed by atoms with Gasteiger partial charge in [-0.25, -0.2) is 0 Å². The molecule has 0 amide bonds. The van der Waals surface area contributed by atoms with Gasteiger partial charge >= 0.3 is 0 Å². The van der Waals surface area contributed by atoms with Gasteiger partial charge in [-0.05, 0) is 30.0 Å². The Morgan fingerprint density at radius 1 is 1.31 bits per heavy atom. The fourth-order valence-corrected chi connectivity index (χ4v) is 1.74. The van der Waals surface area contributed by atoms with E-state index in [-0.39, 0.29) is 0 Å². The molecule has 2 rings (SSSR count). The topological polar surface area (TPSA) is 48.2 Å². The standard InChI is InChI=1S/C11H12N2O2S/c1-3-16-11-12-10(13-15-11)8-4-6-9(14-2)7-5-8/h4-7H,3H2,1-2H3. The van der Waals surface area contributed by atoms with Crippen molar-refractivity contribution in [2.45, 2.75) is 12.1 Å². The van der Waals surface area contributed by atoms with Crippen molar-refractivity contribution in [1.29, 1.82) is 0 Å². The van der Waals surface area contributed by atoms with Crippen molar-refractivity contribution >= 4 is 11.8 Å². The Hall–Kier alpha value is -1.49. The summed E-state index contributed by atoms with van der Waals surface area (Å²) in [6.45, 7) is 2.04. The van der Waals surface area contributed by atoms with Gasteiger partial charge in [-0.2, -0.15) is 4.98 Å². The first-order valence-corrected chi connectivity index (χ1v) is 5.93. The molecule has 0 fully saturated rings. The Balaban J connectivity index is 2.21. The molecule has 84 valence electrons. The third kappa shape index (κ3) is 2.36. The summed E-state index contributed by atoms with van der Waals surface area (Å²) in [5.74, 6) is 2.35. The Labute approximate surface area is 98.0 Å². The maximum absolute atomic E-state index is 5.09. The van der Waals surface area contributed by atoms with Gasteiger partial charge in [-0.15, -0.1) is 0 Å². The van der Waals surface area contributed by atoms with Crippen LogP contribution in [0.15, 0.2) is 34.0 Å². The minimum atomic E-state index is 0.605. The van der Waals surface area contributed by atoms with Gasteiger partial charge in [-0.1, -0.05) is 23.8 Å². The summed E-state index contributed by atoms with van der Waals surface area (Å²) >= 11 is 1.53. The van der Waals surface area contributed by atoms with E-state index in [9.17, 15) is 0 Å². The second kappa shape index (κ2) is 5.03. The number of nitrogens with zero attached hydrogens (tertiary/aromatic N) is 2. The highest BCUT2D eigenvalue weighted by molar-refractivity contribution is 7.99. The third-order valence-electron chi connectivity index (χ3n) is 2.02. The fraction of sp³-hybridized carbons (Fsp3) is 0.273. The first kappa shape index (κ1) is 11.0. The van der Waals surface area contributed by atoms with E-state index in [0.717, 1.165) is 17.1 Å². The number of rotatable bonds is 4. The van der Waals surface area contributed by atoms with E-state index in [0.29, 0.717) is 11.0 Å². The molecule has 0 saturated carbocycles. The minimum Gasteiger partial charge on any atom is -0.497 e. The Morgan fingerprint density at radius 2 is 2.06 bits per heavy atom. The van der Waals surface area contributed by atoms with Crippen LogP contribution in [-0.2, 0) is 0 Å². The highest BCUT2D eigenvalue weighted by Gasteiger charge is 2.07. The van der Waals surface area contributed by atoms with Gasteiger partial charge in [0.25, 0.3) is 5.22 Å². The van der Waals surface area contributed by atoms with E-state index in [1.54, 1.807) is 7.11 Å². The predicted octanol–water partition coefficient (Wildman–Crippen LogP) is 2.86. The van der Waals surface area contributed by atoms with Crippen molar-refractivity contribution in [1.82, 2.24) is 10.1 Å². The molecule has 16 heavy (non-hydrogen) atoms. The van der Waals surface area contributed by atoms with Crippen molar-refractivity contribution in [3.05, 3.63) is 24.3 Å². The molecule has 0 spiro atoms. The minimum absolute atomic E-state index is 0.605. The van der Waals surface area contributed by atoms with E-state index >= 15 is 0 Å². The number of hydrogen-bond donors (Lipinski definition) is 0. The van der Waals surface area contributed by atoms with Crippen LogP contribution in [0.5, 0.6) is 5.75 Å². The van der Waals surface area contributed by atoms with Crippen molar-refractivity contribution in [3.8, 4) is 17.1 Å². The van der Waals surface area contributed by atoms with Gasteiger partial charge in [0.1, 0.15) is 5.75 Å². The van der Waals surface area contributed by atoms with Crippen LogP contribution >= 0.6 is 11.8 Å². The molecule has 0 aliphatic rings. The van der Waals surface area contributed by atoms with Gasteiger partial charge in [0.05, 0.1) is 7.11 Å². The molecular formula is C11H12N2O2S. The maximum atomic E-state index is 5.09. The molecule has 4 nitrogen and oxygen atoms in total. The van der Waals surface area contributed by atoms with Crippen molar-refractivity contribution in [2.75, 3.05) is 12.9 Å². The smallest absolute Gasteiger partial charge is 0.286 e. The molecule has 1 heterocycles. The Morgan fingerprint density at radius 3 is 2.69 bits per heavy atom. The van der Waals surface area contributed by atoms with Gasteiger partial charge in [0.2, 0.25) is 5.82 Å². The molecule has 0 radical (unpaired) electrons. The molecular weight excluding hydrogens is 224 g/mol. The summed E-state index contributed by atoms with van der Waals surface area (Å²) in [6, 6.07) is 7.56. The van der Waals surface area contributed by atoms with E-state index < -0.39 is 0 Å². The van der Waals surface area contributed by atoms with Crippen LogP contribution in [0, 0.1) is 0 Å². The van der Waals surface area contributed by atoms with Crippen molar-refractivity contribution < 1.29 is 9.26 Å². The highest BCUT2D eigenvalue weighted by atomic mass is 32.2. The Bertz CT molecular complexity index is 453. The lowest BCUT2D eigenvalue weighted by molar-refractivity contribution is 0.341. The summed E-state index contributed by atoms with van der Waals surface area (Å²) in [5.41, 5.74) is 0.924. The molecule has 0 aliphatic heterocycles. The summed E-state index contributed by atoms with van der Waals surface area (Å²) in [7, 11) is 1.64. The number of hydrogen-bond acceptors (Lipinski definition) is 5. The molecule has 0 N–H and O–H groups in total. The summed E-state index contributed by atoms with van der Waals surface area (Å²) in [4.78, 5) is 4.27. The number of benzene rings is 1. The average Bonchev–Trinajstić information content (AvgIpc) is 2.78. The van der Waals surface area contributed by atoms with Gasteiger partial charge < -0.3 is 9.26 Å². The largest absolute Gasteiger partial charge is 0.497 e. The molecule has 0 bridgehead atoms. The molecule has 0 atom stereocenters. The molecule has 0 saturated heterocycles. The zero-order valence-electron chi connectivity index (χ0n) is 9.14. The number of aromatic nitrogens is 2. The summed E-state index contributed by atoms with van der Waals surface area (Å²) in [6.07, 6.45) is 0. The average molecular weight is 236 g/mol. The summed E-state index contributed by atoms with van der Waals surface area (Å²) < 4.78 is 10.2. The Kier molecular flexibility index (Phi) is 3.46. The number of methoxy groups -OCH3 is 1. The lowest BCUT2D eigenvalue weighted by atomic mass is 10.2. The number of ether oxygens (including phenoxy) is 1. The first-order valence-electron chi connectivity index (χ1n) is 4.94. The van der Waals surface area contributed by atoms with Crippen LogP contribution < -0.4 is 4.74 Å². The lowest BCUT2D eigenvalue weighted by Crippen LogP contribution is -1.84. The zero-order valence-corrected chi connectivity index (χ0v) is 9.95. The van der Waals surface area contributed by atoms with Crippen LogP contribution in [0.4, 0.5) is 0 Å². The van der Waals surface area contributed by atoms with Crippen LogP contribution in [0.25, 0.3) is 11.4 Å². The predicted molar refractivity (Wildman–Crippen MR) is 62.7 cm³/mol. The van der Waals surface area contributed by atoms with E-state index in [4.69, 9.17) is 9.26 Å². The molecule has 5 heteroatoms. The first-order chi connectivity index (χ1) is 7.83. The lowest BCUT2D eigenvalue weighted by Gasteiger charge is -1.98. The zero-order chi connectivity index (χ0) is 11.4. The van der Waals surface area contributed by atoms with Crippen molar-refractivity contribution in [3.63, 3.8) is 0 Å². The van der Waals surface area contributed by atoms with Gasteiger partial charge in [0, 0.05) is 5.56 Å². The summed E-state index contributed by atoms with van der Waals surface area (Å²) in [5, 5.41) is 4.52. The van der Waals surface area contributed by atoms with Crippen LogP contribution in [0.1, 0.15) is 6.92 Å². The maximum Gasteiger partial charge on any atom is 0.286 e. The highest BCUT2D eigenvalue weighted by Crippen LogP contribution is 2.22. The van der Waals surface area contributed by atoms with E-state index in [1.165, 1.54) is 11.8 Å². The molecule has 0 aliphatic carbocycles. The van der Waals surface area contributed by atoms with Crippen molar-refractivity contribution in [2.24, 2.45) is 0 Å². The van der Waals surface area contributed by atoms with Gasteiger partial charge in [-0.3, -0.25) is 0 Å². The molecule has 1 aromatic carbocycles. The monoisotopic (exact) mass is 236 g/mol. The quantitative estimate of drug-likeness (QED) is 0.764. The van der Waals surface area contributed by atoms with Gasteiger partial charge in [0.15, 0.2) is 0 Å². The SMILES string of the molecule is CCSc1nc(-c2ccc(OC)cc2)no1. The molecule has 2 aromatic rings. The number of thioether (sulfide) groups is 1. The van der Waals surface area contributed by atoms with Crippen LogP contribution in [0.2, 0.25) is 0 Å². The normalized spacial score (nSPS) is 10.4. The third-order valence-corrected chi connectivity index (χ3v) is 2.72. The molecule has 1 aromatic heterocycles. The fourth-order valence-electron chi connectivity index (χ4n) is 1.25. The van der Waals surface area contributed by atoms with E-state index in [2.05, 4.69) is 10.1 Å². The van der Waals surface area contributed by atoms with Crippen LogP contribution in [0.3, 0.4) is 0 Å². The molecule has 0 unspecified atom stereocenters. The second-order valence-electron chi connectivity index (χ2n) is 3.05.